The second kappa shape index (κ2) is 9.02. The van der Waals surface area contributed by atoms with Gasteiger partial charge in [-0.2, -0.15) is 0 Å². The van der Waals surface area contributed by atoms with Crippen LogP contribution in [0.5, 0.6) is 0 Å². The molecule has 4 rings (SSSR count). The van der Waals surface area contributed by atoms with E-state index in [0.29, 0.717) is 18.8 Å². The molecule has 0 N–H and O–H groups in total. The molecule has 1 aromatic carbocycles. The highest BCUT2D eigenvalue weighted by molar-refractivity contribution is 7.09. The number of piperidine rings is 2. The van der Waals surface area contributed by atoms with Gasteiger partial charge in [-0.1, -0.05) is 17.7 Å². The summed E-state index contributed by atoms with van der Waals surface area (Å²) in [5, 5.41) is 2.94. The number of thiazole rings is 1. The SMILES string of the molecule is CC1CCCCN1C(=O)c1csc(C2CCN(C(=O)c3c(F)cccc3Cl)CC2)n1. The maximum absolute atomic E-state index is 14.1. The molecular formula is C22H25ClFN3O2S. The molecule has 160 valence electrons. The van der Waals surface area contributed by atoms with Gasteiger partial charge in [0.15, 0.2) is 0 Å². The average molecular weight is 450 g/mol. The third-order valence-corrected chi connectivity index (χ3v) is 7.44. The molecule has 1 unspecified atom stereocenters. The van der Waals surface area contributed by atoms with Gasteiger partial charge in [-0.25, -0.2) is 9.37 Å². The molecule has 2 aliphatic heterocycles. The summed E-state index contributed by atoms with van der Waals surface area (Å²) in [7, 11) is 0. The Kier molecular flexibility index (Phi) is 6.39. The normalized spacial score (nSPS) is 20.4. The van der Waals surface area contributed by atoms with E-state index in [1.807, 2.05) is 10.3 Å². The molecule has 0 saturated carbocycles. The number of aromatic nitrogens is 1. The van der Waals surface area contributed by atoms with E-state index in [2.05, 4.69) is 11.9 Å². The van der Waals surface area contributed by atoms with Gasteiger partial charge in [0.1, 0.15) is 11.5 Å². The summed E-state index contributed by atoms with van der Waals surface area (Å²) < 4.78 is 14.1. The quantitative estimate of drug-likeness (QED) is 0.664. The maximum Gasteiger partial charge on any atom is 0.273 e. The van der Waals surface area contributed by atoms with E-state index in [1.54, 1.807) is 4.90 Å². The van der Waals surface area contributed by atoms with Crippen LogP contribution in [0.25, 0.3) is 0 Å². The van der Waals surface area contributed by atoms with Crippen molar-refractivity contribution >= 4 is 34.8 Å². The number of rotatable bonds is 3. The molecule has 2 aliphatic rings. The van der Waals surface area contributed by atoms with Crippen molar-refractivity contribution in [1.29, 1.82) is 0 Å². The topological polar surface area (TPSA) is 53.5 Å². The second-order valence-corrected chi connectivity index (χ2v) is 9.37. The van der Waals surface area contributed by atoms with Crippen LogP contribution in [0.3, 0.4) is 0 Å². The number of hydrogen-bond donors (Lipinski definition) is 0. The Hall–Kier alpha value is -1.99. The largest absolute Gasteiger partial charge is 0.338 e. The molecule has 0 bridgehead atoms. The molecule has 0 radical (unpaired) electrons. The fraction of sp³-hybridized carbons (Fsp3) is 0.500. The van der Waals surface area contributed by atoms with Gasteiger partial charge in [0, 0.05) is 37.0 Å². The minimum Gasteiger partial charge on any atom is -0.338 e. The van der Waals surface area contributed by atoms with Crippen LogP contribution in [0, 0.1) is 5.82 Å². The van der Waals surface area contributed by atoms with E-state index in [1.165, 1.54) is 36.0 Å². The number of amides is 2. The summed E-state index contributed by atoms with van der Waals surface area (Å²) in [4.78, 5) is 33.8. The van der Waals surface area contributed by atoms with Gasteiger partial charge in [-0.05, 0) is 51.2 Å². The van der Waals surface area contributed by atoms with Gasteiger partial charge in [0.25, 0.3) is 11.8 Å². The van der Waals surface area contributed by atoms with Crippen LogP contribution in [0.1, 0.15) is 70.8 Å². The smallest absolute Gasteiger partial charge is 0.273 e. The van der Waals surface area contributed by atoms with Crippen LogP contribution in [-0.4, -0.2) is 52.3 Å². The highest BCUT2D eigenvalue weighted by Gasteiger charge is 2.30. The molecular weight excluding hydrogens is 425 g/mol. The Bertz CT molecular complexity index is 922. The summed E-state index contributed by atoms with van der Waals surface area (Å²) in [6, 6.07) is 4.54. The zero-order chi connectivity index (χ0) is 21.3. The molecule has 30 heavy (non-hydrogen) atoms. The van der Waals surface area contributed by atoms with Crippen molar-refractivity contribution in [2.45, 2.75) is 51.0 Å². The minimum absolute atomic E-state index is 0.0199. The highest BCUT2D eigenvalue weighted by Crippen LogP contribution is 2.32. The van der Waals surface area contributed by atoms with Crippen LogP contribution >= 0.6 is 22.9 Å². The molecule has 1 atom stereocenters. The first kappa shape index (κ1) is 21.2. The lowest BCUT2D eigenvalue weighted by atomic mass is 9.97. The Morgan fingerprint density at radius 3 is 2.60 bits per heavy atom. The van der Waals surface area contributed by atoms with Crippen LogP contribution in [0.15, 0.2) is 23.6 Å². The Labute approximate surface area is 184 Å². The monoisotopic (exact) mass is 449 g/mol. The fourth-order valence-corrected chi connectivity index (χ4v) is 5.52. The number of benzene rings is 1. The number of carbonyl (C=O) groups excluding carboxylic acids is 2. The van der Waals surface area contributed by atoms with Crippen LogP contribution < -0.4 is 0 Å². The zero-order valence-electron chi connectivity index (χ0n) is 16.9. The summed E-state index contributed by atoms with van der Waals surface area (Å²) in [5.74, 6) is -0.739. The zero-order valence-corrected chi connectivity index (χ0v) is 18.5. The van der Waals surface area contributed by atoms with Crippen molar-refractivity contribution in [2.24, 2.45) is 0 Å². The standard InChI is InChI=1S/C22H25ClFN3O2S/c1-14-5-2-3-10-27(14)21(28)18-13-30-20(25-18)15-8-11-26(12-9-15)22(29)19-16(23)6-4-7-17(19)24/h4,6-7,13-15H,2-3,5,8-12H2,1H3. The summed E-state index contributed by atoms with van der Waals surface area (Å²) >= 11 is 7.56. The molecule has 5 nitrogen and oxygen atoms in total. The van der Waals surface area contributed by atoms with Crippen molar-refractivity contribution in [3.8, 4) is 0 Å². The van der Waals surface area contributed by atoms with Crippen molar-refractivity contribution < 1.29 is 14.0 Å². The molecule has 1 aromatic heterocycles. The molecule has 2 fully saturated rings. The summed E-state index contributed by atoms with van der Waals surface area (Å²) in [6.45, 7) is 3.92. The van der Waals surface area contributed by atoms with Gasteiger partial charge >= 0.3 is 0 Å². The lowest BCUT2D eigenvalue weighted by molar-refractivity contribution is 0.0630. The molecule has 3 heterocycles. The lowest BCUT2D eigenvalue weighted by Gasteiger charge is -2.33. The lowest BCUT2D eigenvalue weighted by Crippen LogP contribution is -2.42. The third-order valence-electron chi connectivity index (χ3n) is 6.11. The Morgan fingerprint density at radius 2 is 1.90 bits per heavy atom. The van der Waals surface area contributed by atoms with Gasteiger partial charge in [0.2, 0.25) is 0 Å². The predicted octanol–water partition coefficient (Wildman–Crippen LogP) is 4.97. The van der Waals surface area contributed by atoms with Crippen LogP contribution in [0.4, 0.5) is 4.39 Å². The number of carbonyl (C=O) groups is 2. The van der Waals surface area contributed by atoms with Gasteiger partial charge in [-0.15, -0.1) is 11.3 Å². The predicted molar refractivity (Wildman–Crippen MR) is 116 cm³/mol. The van der Waals surface area contributed by atoms with E-state index >= 15 is 0 Å². The van der Waals surface area contributed by atoms with Crippen molar-refractivity contribution in [1.82, 2.24) is 14.8 Å². The van der Waals surface area contributed by atoms with Gasteiger partial charge < -0.3 is 9.80 Å². The molecule has 0 aliphatic carbocycles. The third kappa shape index (κ3) is 4.23. The van der Waals surface area contributed by atoms with E-state index in [4.69, 9.17) is 11.6 Å². The first-order valence-corrected chi connectivity index (χ1v) is 11.7. The van der Waals surface area contributed by atoms with Gasteiger partial charge in [-0.3, -0.25) is 9.59 Å². The molecule has 2 amide bonds. The number of likely N-dealkylation sites (tertiary alicyclic amines) is 2. The minimum atomic E-state index is -0.593. The average Bonchev–Trinajstić information content (AvgIpc) is 3.24. The number of nitrogens with zero attached hydrogens (tertiary/aromatic N) is 3. The first-order chi connectivity index (χ1) is 14.5. The van der Waals surface area contributed by atoms with E-state index in [0.717, 1.165) is 37.2 Å². The second-order valence-electron chi connectivity index (χ2n) is 8.08. The maximum atomic E-state index is 14.1. The molecule has 2 saturated heterocycles. The van der Waals surface area contributed by atoms with Crippen LogP contribution in [-0.2, 0) is 0 Å². The highest BCUT2D eigenvalue weighted by atomic mass is 35.5. The fourth-order valence-electron chi connectivity index (χ4n) is 4.31. The molecule has 8 heteroatoms. The Balaban J connectivity index is 1.39. The molecule has 2 aromatic rings. The molecule has 0 spiro atoms. The summed E-state index contributed by atoms with van der Waals surface area (Å²) in [5.41, 5.74) is 0.468. The summed E-state index contributed by atoms with van der Waals surface area (Å²) in [6.07, 6.45) is 4.73. The van der Waals surface area contributed by atoms with Crippen molar-refractivity contribution in [2.75, 3.05) is 19.6 Å². The van der Waals surface area contributed by atoms with Crippen molar-refractivity contribution in [3.63, 3.8) is 0 Å². The first-order valence-electron chi connectivity index (χ1n) is 10.5. The van der Waals surface area contributed by atoms with E-state index in [9.17, 15) is 14.0 Å². The van der Waals surface area contributed by atoms with E-state index in [-0.39, 0.29) is 34.4 Å². The number of hydrogen-bond acceptors (Lipinski definition) is 4. The van der Waals surface area contributed by atoms with Crippen LogP contribution in [0.2, 0.25) is 5.02 Å². The number of halogens is 2. The van der Waals surface area contributed by atoms with Gasteiger partial charge in [0.05, 0.1) is 15.6 Å². The van der Waals surface area contributed by atoms with E-state index < -0.39 is 5.82 Å². The van der Waals surface area contributed by atoms with Crippen molar-refractivity contribution in [3.05, 3.63) is 50.7 Å². The Morgan fingerprint density at radius 1 is 1.13 bits per heavy atom.